The summed E-state index contributed by atoms with van der Waals surface area (Å²) in [6.45, 7) is 0. The normalized spacial score (nSPS) is 0. The maximum Gasteiger partial charge on any atom is 3.00 e. The van der Waals surface area contributed by atoms with E-state index in [9.17, 15) is 0 Å². The van der Waals surface area contributed by atoms with Crippen molar-refractivity contribution in [2.45, 2.75) is 0 Å². The molecule has 3 radical (unpaired) electrons. The van der Waals surface area contributed by atoms with E-state index in [-0.39, 0.29) is 55.1 Å². The molecule has 0 aliphatic rings. The number of nitrogens with zero attached hydrogens (tertiary/aromatic N) is 1. The molecular weight excluding hydrogens is 120 g/mol. The number of hydrogen-bond acceptors (Lipinski definition) is 0. The van der Waals surface area contributed by atoms with Gasteiger partial charge in [-0.25, -0.2) is 0 Å². The van der Waals surface area contributed by atoms with Gasteiger partial charge >= 0.3 is 17.4 Å². The van der Waals surface area contributed by atoms with Crippen LogP contribution in [-0.4, -0.2) is 17.4 Å². The zero-order valence-corrected chi connectivity index (χ0v) is 5.58. The van der Waals surface area contributed by atoms with Crippen molar-refractivity contribution >= 4 is 27.3 Å². The Morgan fingerprint density at radius 2 is 1.00 bits per heavy atom. The summed E-state index contributed by atoms with van der Waals surface area (Å²) in [4.78, 5) is 0. The molecule has 0 bridgehead atoms. The van der Waals surface area contributed by atoms with Crippen molar-refractivity contribution < 1.29 is 21.7 Å². The Balaban J connectivity index is 0. The third kappa shape index (κ3) is 9.44. The predicted molar refractivity (Wildman–Crippen MR) is 16.0 cm³/mol. The van der Waals surface area contributed by atoms with Crippen LogP contribution in [0.4, 0.5) is 0 Å². The van der Waals surface area contributed by atoms with Gasteiger partial charge in [-0.15, -0.1) is 0 Å². The maximum atomic E-state index is 0. The summed E-state index contributed by atoms with van der Waals surface area (Å²) in [7, 11) is 0. The molecule has 0 atom stereocenters. The minimum Gasteiger partial charge on any atom is -3.00 e. The Labute approximate surface area is 55.1 Å². The smallest absolute Gasteiger partial charge is 3.00 e. The zero-order chi connectivity index (χ0) is 0. The quantitative estimate of drug-likeness (QED) is 0.333. The Morgan fingerprint density at radius 3 is 1.00 bits per heavy atom. The second-order valence-corrected chi connectivity index (χ2v) is 0. The van der Waals surface area contributed by atoms with E-state index >= 15 is 0 Å². The van der Waals surface area contributed by atoms with Crippen LogP contribution in [0.15, 0.2) is 0 Å². The van der Waals surface area contributed by atoms with E-state index in [2.05, 4.69) is 0 Å². The van der Waals surface area contributed by atoms with Crippen molar-refractivity contribution in [3.05, 3.63) is 6.15 Å². The van der Waals surface area contributed by atoms with Gasteiger partial charge in [0.15, 0.2) is 0 Å². The van der Waals surface area contributed by atoms with E-state index in [0.29, 0.717) is 0 Å². The van der Waals surface area contributed by atoms with Crippen LogP contribution in [0.1, 0.15) is 0 Å². The van der Waals surface area contributed by atoms with Gasteiger partial charge in [0.1, 0.15) is 0 Å². The van der Waals surface area contributed by atoms with Crippen LogP contribution in [0.3, 0.4) is 0 Å². The molecule has 0 N–H and O–H groups in total. The molecule has 1 nitrogen and oxygen atoms in total. The monoisotopic (exact) mass is 120 g/mol. The molecule has 0 heterocycles. The summed E-state index contributed by atoms with van der Waals surface area (Å²) in [5.74, 6) is 0. The van der Waals surface area contributed by atoms with Crippen LogP contribution < -0.4 is 0 Å². The molecule has 0 unspecified atom stereocenters. The summed E-state index contributed by atoms with van der Waals surface area (Å²) in [6.07, 6.45) is 0. The predicted octanol–water partition coefficient (Wildman–Crippen LogP) is 0.767. The fourth-order valence-electron chi connectivity index (χ4n) is 0. The molecule has 0 aromatic rings. The first kappa shape index (κ1) is 45.2. The topological polar surface area (TPSA) is 30.5 Å². The van der Waals surface area contributed by atoms with E-state index in [1.165, 1.54) is 0 Å². The molecule has 0 spiro atoms. The summed E-state index contributed by atoms with van der Waals surface area (Å²) in [5.41, 5.74) is 0. The molecule has 4 heteroatoms. The third-order valence-corrected chi connectivity index (χ3v) is 0. The van der Waals surface area contributed by atoms with E-state index in [0.717, 1.165) is 0 Å². The number of hydrogen-bond donors (Lipinski definition) is 0. The fourth-order valence-corrected chi connectivity index (χ4v) is 0. The Hall–Kier alpha value is 1.64. The molecule has 0 aromatic carbocycles. The van der Waals surface area contributed by atoms with E-state index in [1.54, 1.807) is 0 Å². The third-order valence-electron chi connectivity index (χ3n) is 0. The summed E-state index contributed by atoms with van der Waals surface area (Å²) < 4.78 is 0. The number of rotatable bonds is 0. The van der Waals surface area contributed by atoms with E-state index in [4.69, 9.17) is 0 Å². The molecule has 0 aromatic heterocycles. The molecule has 0 aliphatic carbocycles. The van der Waals surface area contributed by atoms with Crippen LogP contribution in [0.5, 0.6) is 0 Å². The van der Waals surface area contributed by atoms with Crippen LogP contribution >= 0.6 is 9.90 Å². The SMILES string of the molecule is [Al+3].[N-3].[P].[Ti]. The van der Waals surface area contributed by atoms with Crippen LogP contribution in [-0.2, 0) is 21.7 Å². The van der Waals surface area contributed by atoms with Gasteiger partial charge < -0.3 is 6.15 Å². The average Bonchev–Trinajstić information content (AvgIpc) is 0. The Kier molecular flexibility index (Phi) is 259. The van der Waals surface area contributed by atoms with Crippen molar-refractivity contribution in [3.8, 4) is 0 Å². The van der Waals surface area contributed by atoms with Gasteiger partial charge in [0, 0.05) is 31.6 Å². The summed E-state index contributed by atoms with van der Waals surface area (Å²) in [6, 6.07) is 0. The van der Waals surface area contributed by atoms with Gasteiger partial charge in [0.05, 0.1) is 0 Å². The van der Waals surface area contributed by atoms with Gasteiger partial charge in [-0.2, -0.15) is 0 Å². The van der Waals surface area contributed by atoms with Crippen molar-refractivity contribution in [3.63, 3.8) is 0 Å². The van der Waals surface area contributed by atoms with E-state index in [1.807, 2.05) is 0 Å². The van der Waals surface area contributed by atoms with Crippen LogP contribution in [0.25, 0.3) is 6.15 Å². The average molecular weight is 120 g/mol. The first-order chi connectivity index (χ1) is 0. The minimum atomic E-state index is 0. The standard InChI is InChI=1S/Al.N.P.Ti/q+3;-3;;. The minimum absolute atomic E-state index is 0. The first-order valence-electron chi connectivity index (χ1n) is 0. The van der Waals surface area contributed by atoms with Gasteiger partial charge in [0.2, 0.25) is 0 Å². The fraction of sp³-hybridized carbons (Fsp3) is 0. The molecule has 0 saturated carbocycles. The maximum absolute atomic E-state index is 0. The van der Waals surface area contributed by atoms with Crippen molar-refractivity contribution in [1.82, 2.24) is 0 Å². The molecule has 0 amide bonds. The Morgan fingerprint density at radius 1 is 1.00 bits per heavy atom. The first-order valence-corrected chi connectivity index (χ1v) is 0. The van der Waals surface area contributed by atoms with Crippen LogP contribution in [0.2, 0.25) is 0 Å². The van der Waals surface area contributed by atoms with Gasteiger partial charge in [-0.3, -0.25) is 0 Å². The molecule has 0 rings (SSSR count). The van der Waals surface area contributed by atoms with Crippen molar-refractivity contribution in [2.24, 2.45) is 0 Å². The van der Waals surface area contributed by atoms with Crippen molar-refractivity contribution in [2.75, 3.05) is 0 Å². The molecule has 4 heavy (non-hydrogen) atoms. The molecular formula is AlNPTi. The molecule has 0 saturated heterocycles. The van der Waals surface area contributed by atoms with Gasteiger partial charge in [-0.05, 0) is 0 Å². The molecule has 17 valence electrons. The largest absolute Gasteiger partial charge is 3.00 e. The van der Waals surface area contributed by atoms with E-state index < -0.39 is 0 Å². The van der Waals surface area contributed by atoms with Gasteiger partial charge in [-0.1, -0.05) is 0 Å². The second kappa shape index (κ2) is 22.9. The summed E-state index contributed by atoms with van der Waals surface area (Å²) >= 11 is 0. The molecule has 0 fully saturated rings. The van der Waals surface area contributed by atoms with Crippen molar-refractivity contribution in [1.29, 1.82) is 0 Å². The zero-order valence-electron chi connectivity index (χ0n) is 1.97. The Bertz CT molecular complexity index is 8.00. The van der Waals surface area contributed by atoms with Gasteiger partial charge in [0.25, 0.3) is 0 Å². The molecule has 0 aliphatic heterocycles. The summed E-state index contributed by atoms with van der Waals surface area (Å²) in [5, 5.41) is 0. The second-order valence-electron chi connectivity index (χ2n) is 0. The van der Waals surface area contributed by atoms with Crippen LogP contribution in [0, 0.1) is 0 Å².